The molecule has 2 aromatic rings. The Morgan fingerprint density at radius 1 is 1.25 bits per heavy atom. The summed E-state index contributed by atoms with van der Waals surface area (Å²) < 4.78 is 32.6. The summed E-state index contributed by atoms with van der Waals surface area (Å²) in [5, 5.41) is 3.78. The zero-order chi connectivity index (χ0) is 14.3. The van der Waals surface area contributed by atoms with Gasteiger partial charge >= 0.3 is 0 Å². The molecular weight excluding hydrogens is 284 g/mol. The Morgan fingerprint density at radius 2 is 2.05 bits per heavy atom. The standard InChI is InChI=1S/C15H12ClF2NO/c1-8-4-9(16)5-13-15(8)20-14(7-19-13)11-3-2-10(17)6-12(11)18/h2-6,14,19H,7H2,1H3. The van der Waals surface area contributed by atoms with E-state index >= 15 is 0 Å². The minimum absolute atomic E-state index is 0.332. The molecule has 20 heavy (non-hydrogen) atoms. The van der Waals surface area contributed by atoms with Crippen molar-refractivity contribution < 1.29 is 13.5 Å². The number of fused-ring (bicyclic) bond motifs is 1. The van der Waals surface area contributed by atoms with E-state index in [2.05, 4.69) is 5.32 Å². The molecule has 0 aliphatic carbocycles. The smallest absolute Gasteiger partial charge is 0.146 e. The van der Waals surface area contributed by atoms with Crippen LogP contribution in [0.15, 0.2) is 30.3 Å². The third kappa shape index (κ3) is 2.31. The molecule has 0 aromatic heterocycles. The average molecular weight is 296 g/mol. The van der Waals surface area contributed by atoms with E-state index in [0.717, 1.165) is 17.3 Å². The Balaban J connectivity index is 1.96. The van der Waals surface area contributed by atoms with Crippen LogP contribution in [0.3, 0.4) is 0 Å². The van der Waals surface area contributed by atoms with Crippen molar-refractivity contribution in [3.8, 4) is 5.75 Å². The topological polar surface area (TPSA) is 21.3 Å². The lowest BCUT2D eigenvalue weighted by Crippen LogP contribution is -2.25. The minimum atomic E-state index is -0.605. The monoisotopic (exact) mass is 295 g/mol. The summed E-state index contributed by atoms with van der Waals surface area (Å²) in [6.07, 6.45) is -0.497. The van der Waals surface area contributed by atoms with Crippen molar-refractivity contribution in [1.82, 2.24) is 0 Å². The molecule has 1 N–H and O–H groups in total. The van der Waals surface area contributed by atoms with Gasteiger partial charge in [-0.25, -0.2) is 8.78 Å². The van der Waals surface area contributed by atoms with Gasteiger partial charge in [0.1, 0.15) is 23.5 Å². The number of hydrogen-bond donors (Lipinski definition) is 1. The van der Waals surface area contributed by atoms with Gasteiger partial charge in [0.25, 0.3) is 0 Å². The minimum Gasteiger partial charge on any atom is -0.481 e. The van der Waals surface area contributed by atoms with Crippen LogP contribution in [-0.2, 0) is 0 Å². The molecule has 5 heteroatoms. The summed E-state index contributed by atoms with van der Waals surface area (Å²) >= 11 is 5.98. The maximum atomic E-state index is 13.8. The van der Waals surface area contributed by atoms with Crippen LogP contribution in [0.1, 0.15) is 17.2 Å². The predicted octanol–water partition coefficient (Wildman–Crippen LogP) is 4.47. The van der Waals surface area contributed by atoms with E-state index in [-0.39, 0.29) is 0 Å². The lowest BCUT2D eigenvalue weighted by Gasteiger charge is -2.29. The largest absolute Gasteiger partial charge is 0.481 e. The van der Waals surface area contributed by atoms with Crippen LogP contribution in [0.2, 0.25) is 5.02 Å². The first-order valence-electron chi connectivity index (χ1n) is 6.20. The van der Waals surface area contributed by atoms with Crippen molar-refractivity contribution in [2.45, 2.75) is 13.0 Å². The van der Waals surface area contributed by atoms with E-state index in [0.29, 0.717) is 22.9 Å². The molecule has 104 valence electrons. The third-order valence-electron chi connectivity index (χ3n) is 3.29. The summed E-state index contributed by atoms with van der Waals surface area (Å²) in [6.45, 7) is 2.27. The molecule has 0 saturated heterocycles. The Kier molecular flexibility index (Phi) is 3.26. The van der Waals surface area contributed by atoms with Crippen LogP contribution >= 0.6 is 11.6 Å². The van der Waals surface area contributed by atoms with Crippen molar-refractivity contribution in [3.05, 3.63) is 58.1 Å². The molecule has 0 radical (unpaired) electrons. The molecule has 1 aliphatic heterocycles. The Labute approximate surface area is 120 Å². The molecule has 3 rings (SSSR count). The van der Waals surface area contributed by atoms with E-state index in [4.69, 9.17) is 16.3 Å². The zero-order valence-electron chi connectivity index (χ0n) is 10.7. The molecule has 1 aliphatic rings. The summed E-state index contributed by atoms with van der Waals surface area (Å²) in [4.78, 5) is 0. The fourth-order valence-electron chi connectivity index (χ4n) is 2.34. The van der Waals surface area contributed by atoms with Crippen LogP contribution < -0.4 is 10.1 Å². The van der Waals surface area contributed by atoms with Gasteiger partial charge in [0.2, 0.25) is 0 Å². The maximum absolute atomic E-state index is 13.8. The second kappa shape index (κ2) is 4.94. The second-order valence-corrected chi connectivity index (χ2v) is 5.19. The van der Waals surface area contributed by atoms with E-state index in [9.17, 15) is 8.78 Å². The van der Waals surface area contributed by atoms with Crippen molar-refractivity contribution in [2.24, 2.45) is 0 Å². The third-order valence-corrected chi connectivity index (χ3v) is 3.51. The molecular formula is C15H12ClF2NO. The normalized spacial score (nSPS) is 17.1. The van der Waals surface area contributed by atoms with Crippen LogP contribution in [0.4, 0.5) is 14.5 Å². The number of halogens is 3. The van der Waals surface area contributed by atoms with Gasteiger partial charge in [0.15, 0.2) is 0 Å². The van der Waals surface area contributed by atoms with Gasteiger partial charge in [0.05, 0.1) is 12.2 Å². The Morgan fingerprint density at radius 3 is 2.80 bits per heavy atom. The van der Waals surface area contributed by atoms with E-state index in [1.165, 1.54) is 12.1 Å². The lowest BCUT2D eigenvalue weighted by molar-refractivity contribution is 0.203. The highest BCUT2D eigenvalue weighted by atomic mass is 35.5. The molecule has 0 saturated carbocycles. The molecule has 0 bridgehead atoms. The summed E-state index contributed by atoms with van der Waals surface area (Å²) in [5.41, 5.74) is 1.99. The quantitative estimate of drug-likeness (QED) is 0.838. The molecule has 1 heterocycles. The first kappa shape index (κ1) is 13.2. The molecule has 1 atom stereocenters. The summed E-state index contributed by atoms with van der Waals surface area (Å²) in [6, 6.07) is 7.05. The molecule has 0 amide bonds. The van der Waals surface area contributed by atoms with Gasteiger partial charge in [-0.2, -0.15) is 0 Å². The maximum Gasteiger partial charge on any atom is 0.146 e. The Bertz CT molecular complexity index is 675. The SMILES string of the molecule is Cc1cc(Cl)cc2c1OC(c1ccc(F)cc1F)CN2. The molecule has 2 aromatic carbocycles. The number of hydrogen-bond acceptors (Lipinski definition) is 2. The van der Waals surface area contributed by atoms with Gasteiger partial charge < -0.3 is 10.1 Å². The molecule has 0 spiro atoms. The predicted molar refractivity (Wildman–Crippen MR) is 74.4 cm³/mol. The van der Waals surface area contributed by atoms with Gasteiger partial charge in [-0.3, -0.25) is 0 Å². The van der Waals surface area contributed by atoms with Gasteiger partial charge in [-0.15, -0.1) is 0 Å². The fraction of sp³-hybridized carbons (Fsp3) is 0.200. The van der Waals surface area contributed by atoms with Crippen molar-refractivity contribution in [3.63, 3.8) is 0 Å². The number of rotatable bonds is 1. The van der Waals surface area contributed by atoms with E-state index in [1.807, 2.05) is 6.92 Å². The van der Waals surface area contributed by atoms with Crippen LogP contribution in [0.5, 0.6) is 5.75 Å². The van der Waals surface area contributed by atoms with E-state index in [1.54, 1.807) is 12.1 Å². The second-order valence-electron chi connectivity index (χ2n) is 4.75. The van der Waals surface area contributed by atoms with Crippen LogP contribution in [-0.4, -0.2) is 6.54 Å². The molecule has 1 unspecified atom stereocenters. The van der Waals surface area contributed by atoms with Crippen LogP contribution in [0, 0.1) is 18.6 Å². The van der Waals surface area contributed by atoms with Crippen LogP contribution in [0.25, 0.3) is 0 Å². The van der Waals surface area contributed by atoms with Gasteiger partial charge in [0, 0.05) is 16.7 Å². The number of nitrogens with one attached hydrogen (secondary N) is 1. The zero-order valence-corrected chi connectivity index (χ0v) is 11.5. The van der Waals surface area contributed by atoms with E-state index < -0.39 is 17.7 Å². The first-order chi connectivity index (χ1) is 9.54. The highest BCUT2D eigenvalue weighted by Gasteiger charge is 2.25. The van der Waals surface area contributed by atoms with Gasteiger partial charge in [-0.05, 0) is 36.8 Å². The lowest BCUT2D eigenvalue weighted by atomic mass is 10.1. The number of ether oxygens (including phenoxy) is 1. The van der Waals surface area contributed by atoms with Crippen molar-refractivity contribution >= 4 is 17.3 Å². The highest BCUT2D eigenvalue weighted by molar-refractivity contribution is 6.31. The molecule has 0 fully saturated rings. The number of anilines is 1. The fourth-order valence-corrected chi connectivity index (χ4v) is 2.61. The van der Waals surface area contributed by atoms with Crippen molar-refractivity contribution in [2.75, 3.05) is 11.9 Å². The number of aryl methyl sites for hydroxylation is 1. The van der Waals surface area contributed by atoms with Gasteiger partial charge in [-0.1, -0.05) is 11.6 Å². The summed E-state index contributed by atoms with van der Waals surface area (Å²) in [5.74, 6) is -0.556. The first-order valence-corrected chi connectivity index (χ1v) is 6.58. The Hall–Kier alpha value is -1.81. The highest BCUT2D eigenvalue weighted by Crippen LogP contribution is 2.39. The van der Waals surface area contributed by atoms with Crippen molar-refractivity contribution in [1.29, 1.82) is 0 Å². The number of benzene rings is 2. The average Bonchev–Trinajstić information content (AvgIpc) is 2.38. The molecule has 2 nitrogen and oxygen atoms in total. The summed E-state index contributed by atoms with van der Waals surface area (Å²) in [7, 11) is 0.